The molecule has 2 nitrogen and oxygen atoms in total. The number of aryl methyl sites for hydroxylation is 2. The van der Waals surface area contributed by atoms with Gasteiger partial charge in [0.1, 0.15) is 11.3 Å². The fourth-order valence-corrected chi connectivity index (χ4v) is 3.24. The van der Waals surface area contributed by atoms with Gasteiger partial charge in [-0.25, -0.2) is 4.57 Å². The van der Waals surface area contributed by atoms with Crippen LogP contribution in [0.4, 0.5) is 26.3 Å². The van der Waals surface area contributed by atoms with Crippen molar-refractivity contribution in [3.63, 3.8) is 0 Å². The molecule has 0 N–H and O–H groups in total. The van der Waals surface area contributed by atoms with Crippen molar-refractivity contribution in [1.29, 1.82) is 0 Å². The van der Waals surface area contributed by atoms with Gasteiger partial charge in [0.05, 0.1) is 18.0 Å². The molecular formula is C18H15F6N2+. The van der Waals surface area contributed by atoms with Gasteiger partial charge >= 0.3 is 12.4 Å². The second-order valence-electron chi connectivity index (χ2n) is 6.10. The van der Waals surface area contributed by atoms with Crippen molar-refractivity contribution in [3.8, 4) is 0 Å². The number of aromatic nitrogens is 2. The van der Waals surface area contributed by atoms with Crippen LogP contribution in [0.3, 0.4) is 0 Å². The molecule has 0 bridgehead atoms. The standard InChI is InChI=1S/C18H15F6N2/c1-4-14-13-8-10-7-11(17(19,20)21)5-6-12(10)15(18(22,23)24)16(13)25-9(2)26(14)3/h5-8H,4H2,1-3H3/q+1. The van der Waals surface area contributed by atoms with Crippen molar-refractivity contribution in [2.24, 2.45) is 7.05 Å². The summed E-state index contributed by atoms with van der Waals surface area (Å²) in [5.74, 6) is 0.395. The third kappa shape index (κ3) is 2.87. The smallest absolute Gasteiger partial charge is 0.234 e. The molecule has 0 atom stereocenters. The number of halogens is 6. The van der Waals surface area contributed by atoms with E-state index in [1.54, 1.807) is 25.5 Å². The highest BCUT2D eigenvalue weighted by molar-refractivity contribution is 6.01. The van der Waals surface area contributed by atoms with Gasteiger partial charge in [-0.15, -0.1) is 0 Å². The summed E-state index contributed by atoms with van der Waals surface area (Å²) in [5, 5.41) is -0.194. The van der Waals surface area contributed by atoms with Crippen LogP contribution in [0.15, 0.2) is 24.3 Å². The Hall–Kier alpha value is -2.38. The maximum Gasteiger partial charge on any atom is 0.421 e. The van der Waals surface area contributed by atoms with E-state index >= 15 is 0 Å². The van der Waals surface area contributed by atoms with E-state index in [-0.39, 0.29) is 21.7 Å². The quantitative estimate of drug-likeness (QED) is 0.329. The van der Waals surface area contributed by atoms with Crippen molar-refractivity contribution >= 4 is 21.7 Å². The number of rotatable bonds is 1. The predicted octanol–water partition coefficient (Wildman–Crippen LogP) is 5.12. The molecule has 138 valence electrons. The Kier molecular flexibility index (Phi) is 4.12. The number of nitrogens with zero attached hydrogens (tertiary/aromatic N) is 2. The van der Waals surface area contributed by atoms with Crippen LogP contribution in [0, 0.1) is 6.92 Å². The van der Waals surface area contributed by atoms with E-state index in [1.807, 2.05) is 0 Å². The third-order valence-corrected chi connectivity index (χ3v) is 4.53. The van der Waals surface area contributed by atoms with Crippen molar-refractivity contribution in [2.45, 2.75) is 32.6 Å². The Morgan fingerprint density at radius 2 is 1.62 bits per heavy atom. The van der Waals surface area contributed by atoms with Crippen LogP contribution in [0.5, 0.6) is 0 Å². The van der Waals surface area contributed by atoms with E-state index in [0.717, 1.165) is 12.1 Å². The molecule has 1 aromatic heterocycles. The summed E-state index contributed by atoms with van der Waals surface area (Å²) in [5.41, 5.74) is -1.65. The van der Waals surface area contributed by atoms with Gasteiger partial charge in [0.15, 0.2) is 5.52 Å². The monoisotopic (exact) mass is 373 g/mol. The minimum atomic E-state index is -4.75. The van der Waals surface area contributed by atoms with Crippen LogP contribution in [0.1, 0.15) is 29.6 Å². The summed E-state index contributed by atoms with van der Waals surface area (Å²) in [6.45, 7) is 3.37. The molecule has 0 saturated carbocycles. The summed E-state index contributed by atoms with van der Waals surface area (Å²) in [4.78, 5) is 4.09. The molecule has 0 saturated heterocycles. The summed E-state index contributed by atoms with van der Waals surface area (Å²) in [7, 11) is 1.67. The first-order valence-electron chi connectivity index (χ1n) is 7.85. The van der Waals surface area contributed by atoms with Gasteiger partial charge in [0.25, 0.3) is 5.82 Å². The lowest BCUT2D eigenvalue weighted by Crippen LogP contribution is -2.38. The maximum absolute atomic E-state index is 13.8. The molecule has 0 radical (unpaired) electrons. The molecule has 1 heterocycles. The van der Waals surface area contributed by atoms with E-state index in [9.17, 15) is 26.3 Å². The molecule has 0 aliphatic heterocycles. The number of fused-ring (bicyclic) bond motifs is 2. The first-order chi connectivity index (χ1) is 11.9. The molecule has 0 amide bonds. The molecule has 3 aromatic rings. The second kappa shape index (κ2) is 5.82. The number of benzene rings is 2. The van der Waals surface area contributed by atoms with Crippen molar-refractivity contribution in [2.75, 3.05) is 0 Å². The average Bonchev–Trinajstić information content (AvgIpc) is 2.52. The Morgan fingerprint density at radius 1 is 0.962 bits per heavy atom. The first kappa shape index (κ1) is 18.4. The van der Waals surface area contributed by atoms with E-state index in [2.05, 4.69) is 4.98 Å². The summed E-state index contributed by atoms with van der Waals surface area (Å²) in [6.07, 6.45) is -8.97. The van der Waals surface area contributed by atoms with Gasteiger partial charge < -0.3 is 0 Å². The Bertz CT molecular complexity index is 1020. The molecular weight excluding hydrogens is 358 g/mol. The number of hydrogen-bond acceptors (Lipinski definition) is 1. The van der Waals surface area contributed by atoms with Crippen LogP contribution in [-0.4, -0.2) is 4.98 Å². The zero-order chi connectivity index (χ0) is 19.4. The highest BCUT2D eigenvalue weighted by Gasteiger charge is 2.39. The minimum Gasteiger partial charge on any atom is -0.234 e. The van der Waals surface area contributed by atoms with Gasteiger partial charge in [0.2, 0.25) is 0 Å². The van der Waals surface area contributed by atoms with E-state index < -0.39 is 23.5 Å². The maximum atomic E-state index is 13.8. The molecule has 0 unspecified atom stereocenters. The molecule has 0 fully saturated rings. The summed E-state index contributed by atoms with van der Waals surface area (Å²) in [6, 6.07) is 3.65. The van der Waals surface area contributed by atoms with Crippen LogP contribution in [0.2, 0.25) is 0 Å². The molecule has 0 aliphatic carbocycles. The fraction of sp³-hybridized carbons (Fsp3) is 0.333. The van der Waals surface area contributed by atoms with Crippen molar-refractivity contribution in [1.82, 2.24) is 4.98 Å². The molecule has 8 heteroatoms. The predicted molar refractivity (Wildman–Crippen MR) is 84.5 cm³/mol. The van der Waals surface area contributed by atoms with E-state index in [1.165, 1.54) is 6.07 Å². The highest BCUT2D eigenvalue weighted by atomic mass is 19.4. The molecule has 0 aliphatic rings. The first-order valence-corrected chi connectivity index (χ1v) is 7.85. The lowest BCUT2D eigenvalue weighted by atomic mass is 9.96. The van der Waals surface area contributed by atoms with Crippen molar-refractivity contribution < 1.29 is 30.9 Å². The van der Waals surface area contributed by atoms with Crippen LogP contribution in [0.25, 0.3) is 21.7 Å². The minimum absolute atomic E-state index is 0.111. The summed E-state index contributed by atoms with van der Waals surface area (Å²) < 4.78 is 82.0. The molecule has 0 spiro atoms. The summed E-state index contributed by atoms with van der Waals surface area (Å²) >= 11 is 0. The number of alkyl halides is 6. The van der Waals surface area contributed by atoms with Gasteiger partial charge in [-0.3, -0.25) is 0 Å². The van der Waals surface area contributed by atoms with Crippen LogP contribution < -0.4 is 4.57 Å². The normalized spacial score (nSPS) is 13.0. The van der Waals surface area contributed by atoms with Gasteiger partial charge in [-0.2, -0.15) is 26.3 Å². The highest BCUT2D eigenvalue weighted by Crippen LogP contribution is 2.41. The van der Waals surface area contributed by atoms with Gasteiger partial charge in [-0.05, 0) is 34.0 Å². The van der Waals surface area contributed by atoms with E-state index in [0.29, 0.717) is 24.0 Å². The lowest BCUT2D eigenvalue weighted by molar-refractivity contribution is -0.686. The number of hydrogen-bond donors (Lipinski definition) is 0. The Morgan fingerprint density at radius 3 is 2.15 bits per heavy atom. The second-order valence-corrected chi connectivity index (χ2v) is 6.10. The van der Waals surface area contributed by atoms with Crippen LogP contribution >= 0.6 is 0 Å². The molecule has 26 heavy (non-hydrogen) atoms. The zero-order valence-electron chi connectivity index (χ0n) is 14.2. The third-order valence-electron chi connectivity index (χ3n) is 4.53. The average molecular weight is 373 g/mol. The Balaban J connectivity index is 2.56. The van der Waals surface area contributed by atoms with Crippen molar-refractivity contribution in [3.05, 3.63) is 46.9 Å². The zero-order valence-corrected chi connectivity index (χ0v) is 14.2. The molecule has 2 aromatic carbocycles. The fourth-order valence-electron chi connectivity index (χ4n) is 3.24. The van der Waals surface area contributed by atoms with Crippen LogP contribution in [-0.2, 0) is 25.8 Å². The van der Waals surface area contributed by atoms with E-state index in [4.69, 9.17) is 0 Å². The topological polar surface area (TPSA) is 16.8 Å². The van der Waals surface area contributed by atoms with Gasteiger partial charge in [0, 0.05) is 13.3 Å². The lowest BCUT2D eigenvalue weighted by Gasteiger charge is -2.15. The van der Waals surface area contributed by atoms with Gasteiger partial charge in [-0.1, -0.05) is 13.0 Å². The largest absolute Gasteiger partial charge is 0.421 e. The Labute approximate surface area is 145 Å². The SMILES string of the molecule is CCc1c2cc3cc(C(F)(F)F)ccc3c(C(F)(F)F)c2nc(C)[n+]1C. The molecule has 3 rings (SSSR count).